The van der Waals surface area contributed by atoms with Crippen LogP contribution >= 0.6 is 11.3 Å². The highest BCUT2D eigenvalue weighted by atomic mass is 32.2. The predicted octanol–water partition coefficient (Wildman–Crippen LogP) is 2.73. The van der Waals surface area contributed by atoms with Crippen LogP contribution in [-0.2, 0) is 34.7 Å². The molecule has 0 spiro atoms. The minimum atomic E-state index is -3.51. The third kappa shape index (κ3) is 4.63. The number of amides is 1. The number of nitrogens with zero attached hydrogens (tertiary/aromatic N) is 5. The summed E-state index contributed by atoms with van der Waals surface area (Å²) in [6, 6.07) is 5.07. The van der Waals surface area contributed by atoms with Crippen molar-refractivity contribution in [2.24, 2.45) is 7.05 Å². The van der Waals surface area contributed by atoms with Crippen LogP contribution in [0.25, 0.3) is 11.0 Å². The Balaban J connectivity index is 1.47. The van der Waals surface area contributed by atoms with Crippen LogP contribution < -0.4 is 5.32 Å². The Kier molecular flexibility index (Phi) is 6.35. The largest absolute Gasteiger partial charge is 0.331 e. The van der Waals surface area contributed by atoms with E-state index in [1.807, 2.05) is 18.5 Å². The van der Waals surface area contributed by atoms with Gasteiger partial charge in [0.25, 0.3) is 0 Å². The lowest BCUT2D eigenvalue weighted by atomic mass is 10.2. The van der Waals surface area contributed by atoms with E-state index < -0.39 is 10.0 Å². The van der Waals surface area contributed by atoms with Crippen molar-refractivity contribution < 1.29 is 13.2 Å². The lowest BCUT2D eigenvalue weighted by Gasteiger charge is -2.25. The number of carbonyl (C=O) groups is 1. The predicted molar refractivity (Wildman–Crippen MR) is 120 cm³/mol. The molecule has 2 aromatic heterocycles. The number of anilines is 1. The summed E-state index contributed by atoms with van der Waals surface area (Å²) in [6.07, 6.45) is 4.33. The van der Waals surface area contributed by atoms with Gasteiger partial charge in [-0.3, -0.25) is 4.79 Å². The number of fused-ring (bicyclic) bond motifs is 1. The molecular weight excluding hydrogens is 436 g/mol. The molecule has 0 radical (unpaired) electrons. The number of carbonyl (C=O) groups excluding carboxylic acids is 1. The molecule has 3 aromatic rings. The van der Waals surface area contributed by atoms with Gasteiger partial charge in [-0.15, -0.1) is 10.2 Å². The highest BCUT2D eigenvalue weighted by molar-refractivity contribution is 7.89. The van der Waals surface area contributed by atoms with Crippen molar-refractivity contribution in [1.82, 2.24) is 24.1 Å². The molecule has 1 amide bonds. The standard InChI is InChI=1S/C20H26N6O3S2/c1-3-19-23-24-20(30-19)22-18(27)10-9-17-21-15-13-14(7-8-16(15)25(17)2)31(28,29)26-11-5-4-6-12-26/h7-8,13H,3-6,9-12H2,1-2H3,(H,22,24,27). The van der Waals surface area contributed by atoms with Crippen molar-refractivity contribution in [2.45, 2.75) is 50.3 Å². The summed E-state index contributed by atoms with van der Waals surface area (Å²) in [4.78, 5) is 17.1. The second-order valence-corrected chi connectivity index (χ2v) is 10.6. The van der Waals surface area contributed by atoms with E-state index in [4.69, 9.17) is 0 Å². The fraction of sp³-hybridized carbons (Fsp3) is 0.500. The first kappa shape index (κ1) is 21.8. The van der Waals surface area contributed by atoms with Gasteiger partial charge in [0.15, 0.2) is 0 Å². The van der Waals surface area contributed by atoms with Crippen LogP contribution in [0.5, 0.6) is 0 Å². The van der Waals surface area contributed by atoms with Crippen molar-refractivity contribution in [3.05, 3.63) is 29.0 Å². The van der Waals surface area contributed by atoms with E-state index in [0.29, 0.717) is 30.2 Å². The summed E-state index contributed by atoms with van der Waals surface area (Å²) >= 11 is 1.37. The summed E-state index contributed by atoms with van der Waals surface area (Å²) in [5.74, 6) is 0.573. The number of hydrogen-bond donors (Lipinski definition) is 1. The van der Waals surface area contributed by atoms with Crippen LogP contribution in [0.3, 0.4) is 0 Å². The summed E-state index contributed by atoms with van der Waals surface area (Å²) in [5, 5.41) is 12.1. The van der Waals surface area contributed by atoms with Crippen LogP contribution in [0.15, 0.2) is 23.1 Å². The topological polar surface area (TPSA) is 110 Å². The van der Waals surface area contributed by atoms with Gasteiger partial charge in [-0.1, -0.05) is 24.7 Å². The van der Waals surface area contributed by atoms with Crippen molar-refractivity contribution in [1.29, 1.82) is 0 Å². The zero-order chi connectivity index (χ0) is 22.0. The van der Waals surface area contributed by atoms with Crippen LogP contribution in [0.4, 0.5) is 5.13 Å². The molecule has 1 aliphatic rings. The van der Waals surface area contributed by atoms with Crippen molar-refractivity contribution in [2.75, 3.05) is 18.4 Å². The number of aryl methyl sites for hydroxylation is 3. The minimum Gasteiger partial charge on any atom is -0.331 e. The van der Waals surface area contributed by atoms with Crippen LogP contribution in [0.1, 0.15) is 43.4 Å². The lowest BCUT2D eigenvalue weighted by molar-refractivity contribution is -0.116. The highest BCUT2D eigenvalue weighted by Crippen LogP contribution is 2.25. The monoisotopic (exact) mass is 462 g/mol. The highest BCUT2D eigenvalue weighted by Gasteiger charge is 2.26. The summed E-state index contributed by atoms with van der Waals surface area (Å²) < 4.78 is 29.4. The van der Waals surface area contributed by atoms with E-state index in [1.54, 1.807) is 22.5 Å². The molecule has 0 saturated carbocycles. The smallest absolute Gasteiger partial charge is 0.243 e. The van der Waals surface area contributed by atoms with Gasteiger partial charge in [0, 0.05) is 33.0 Å². The maximum absolute atomic E-state index is 13.0. The lowest BCUT2D eigenvalue weighted by Crippen LogP contribution is -2.35. The molecular formula is C20H26N6O3S2. The molecule has 1 fully saturated rings. The van der Waals surface area contributed by atoms with E-state index in [-0.39, 0.29) is 17.2 Å². The van der Waals surface area contributed by atoms with Crippen molar-refractivity contribution in [3.8, 4) is 0 Å². The van der Waals surface area contributed by atoms with Gasteiger partial charge in [-0.05, 0) is 37.5 Å². The quantitative estimate of drug-likeness (QED) is 0.578. The minimum absolute atomic E-state index is 0.153. The molecule has 0 aliphatic carbocycles. The summed E-state index contributed by atoms with van der Waals surface area (Å²) in [7, 11) is -1.63. The summed E-state index contributed by atoms with van der Waals surface area (Å²) in [5.41, 5.74) is 1.46. The van der Waals surface area contributed by atoms with E-state index in [2.05, 4.69) is 20.5 Å². The van der Waals surface area contributed by atoms with Gasteiger partial charge in [-0.2, -0.15) is 4.31 Å². The van der Waals surface area contributed by atoms with Gasteiger partial charge < -0.3 is 9.88 Å². The fourth-order valence-electron chi connectivity index (χ4n) is 3.72. The molecule has 3 heterocycles. The molecule has 166 valence electrons. The fourth-order valence-corrected chi connectivity index (χ4v) is 5.96. The normalized spacial score (nSPS) is 15.4. The zero-order valence-electron chi connectivity index (χ0n) is 17.7. The molecule has 31 heavy (non-hydrogen) atoms. The van der Waals surface area contributed by atoms with Gasteiger partial charge >= 0.3 is 0 Å². The Morgan fingerprint density at radius 3 is 2.68 bits per heavy atom. The van der Waals surface area contributed by atoms with Gasteiger partial charge in [0.2, 0.25) is 21.1 Å². The Labute approximate surface area is 185 Å². The molecule has 0 atom stereocenters. The molecule has 1 aliphatic heterocycles. The molecule has 4 rings (SSSR count). The molecule has 1 N–H and O–H groups in total. The van der Waals surface area contributed by atoms with Crippen molar-refractivity contribution >= 4 is 43.4 Å². The number of piperidine rings is 1. The third-order valence-corrected chi connectivity index (χ3v) is 8.37. The maximum atomic E-state index is 13.0. The van der Waals surface area contributed by atoms with Crippen LogP contribution in [0, 0.1) is 0 Å². The first-order chi connectivity index (χ1) is 14.9. The first-order valence-electron chi connectivity index (χ1n) is 10.5. The molecule has 0 bridgehead atoms. The molecule has 1 saturated heterocycles. The van der Waals surface area contributed by atoms with E-state index >= 15 is 0 Å². The third-order valence-electron chi connectivity index (χ3n) is 5.49. The van der Waals surface area contributed by atoms with E-state index in [0.717, 1.165) is 42.0 Å². The number of benzene rings is 1. The van der Waals surface area contributed by atoms with E-state index in [1.165, 1.54) is 11.3 Å². The number of rotatable bonds is 7. The van der Waals surface area contributed by atoms with Crippen LogP contribution in [0.2, 0.25) is 0 Å². The van der Waals surface area contributed by atoms with Crippen LogP contribution in [-0.4, -0.2) is 51.5 Å². The Hall–Kier alpha value is -2.37. The maximum Gasteiger partial charge on any atom is 0.243 e. The Bertz CT molecular complexity index is 1190. The zero-order valence-corrected chi connectivity index (χ0v) is 19.3. The second-order valence-electron chi connectivity index (χ2n) is 7.60. The average molecular weight is 463 g/mol. The SMILES string of the molecule is CCc1nnc(NC(=O)CCc2nc3cc(S(=O)(=O)N4CCCCC4)ccc3n2C)s1. The van der Waals surface area contributed by atoms with Crippen molar-refractivity contribution in [3.63, 3.8) is 0 Å². The molecule has 9 nitrogen and oxygen atoms in total. The molecule has 11 heteroatoms. The average Bonchev–Trinajstić information content (AvgIpc) is 3.36. The summed E-state index contributed by atoms with van der Waals surface area (Å²) in [6.45, 7) is 3.12. The number of nitrogens with one attached hydrogen (secondary N) is 1. The number of imidazole rings is 1. The first-order valence-corrected chi connectivity index (χ1v) is 12.7. The number of sulfonamides is 1. The number of hydrogen-bond acceptors (Lipinski definition) is 7. The van der Waals surface area contributed by atoms with Gasteiger partial charge in [0.1, 0.15) is 10.8 Å². The Morgan fingerprint density at radius 1 is 1.19 bits per heavy atom. The number of aromatic nitrogens is 4. The molecule has 1 aromatic carbocycles. The Morgan fingerprint density at radius 2 is 1.97 bits per heavy atom. The molecule has 0 unspecified atom stereocenters. The van der Waals surface area contributed by atoms with E-state index in [9.17, 15) is 13.2 Å². The second kappa shape index (κ2) is 9.01. The van der Waals surface area contributed by atoms with Gasteiger partial charge in [-0.25, -0.2) is 13.4 Å². The van der Waals surface area contributed by atoms with Gasteiger partial charge in [0.05, 0.1) is 15.9 Å².